The number of aromatic nitrogens is 4. The Bertz CT molecular complexity index is 3980. The van der Waals surface area contributed by atoms with Gasteiger partial charge < -0.3 is 4.57 Å². The minimum absolute atomic E-state index is 0.826. The summed E-state index contributed by atoms with van der Waals surface area (Å²) in [6, 6.07) is 66.4. The predicted octanol–water partition coefficient (Wildman–Crippen LogP) is 14.7. The average Bonchev–Trinajstić information content (AvgIpc) is 3.92. The molecular formula is C54H30N4S. The van der Waals surface area contributed by atoms with Crippen molar-refractivity contribution in [2.45, 2.75) is 0 Å². The minimum atomic E-state index is 0.826. The Morgan fingerprint density at radius 3 is 1.92 bits per heavy atom. The van der Waals surface area contributed by atoms with Gasteiger partial charge in [0.05, 0.1) is 38.8 Å². The molecule has 0 bridgehead atoms. The van der Waals surface area contributed by atoms with Crippen molar-refractivity contribution in [1.82, 2.24) is 19.1 Å². The summed E-state index contributed by atoms with van der Waals surface area (Å²) < 4.78 is 7.41. The number of hydrogen-bond donors (Lipinski definition) is 0. The molecule has 4 aromatic heterocycles. The third-order valence-corrected chi connectivity index (χ3v) is 13.8. The van der Waals surface area contributed by atoms with Crippen LogP contribution in [0.1, 0.15) is 0 Å². The first-order valence-corrected chi connectivity index (χ1v) is 20.9. The molecule has 0 aliphatic carbocycles. The number of rotatable bonds is 2. The van der Waals surface area contributed by atoms with E-state index in [1.54, 1.807) is 0 Å². The van der Waals surface area contributed by atoms with Crippen LogP contribution in [-0.2, 0) is 0 Å². The van der Waals surface area contributed by atoms with Crippen molar-refractivity contribution < 1.29 is 0 Å². The maximum Gasteiger partial charge on any atom is 0.165 e. The van der Waals surface area contributed by atoms with Gasteiger partial charge in [-0.05, 0) is 59.0 Å². The van der Waals surface area contributed by atoms with Gasteiger partial charge in [-0.25, -0.2) is 9.97 Å². The summed E-state index contributed by atoms with van der Waals surface area (Å²) in [4.78, 5) is 11.4. The number of para-hydroxylation sites is 3. The molecule has 9 aromatic carbocycles. The number of benzene rings is 9. The highest BCUT2D eigenvalue weighted by atomic mass is 32.1. The fraction of sp³-hybridized carbons (Fsp3) is 0. The minimum Gasteiger partial charge on any atom is -0.308 e. The van der Waals surface area contributed by atoms with Crippen LogP contribution in [0.15, 0.2) is 182 Å². The van der Waals surface area contributed by atoms with Crippen molar-refractivity contribution >= 4 is 96.9 Å². The van der Waals surface area contributed by atoms with Crippen molar-refractivity contribution in [2.24, 2.45) is 0 Å². The van der Waals surface area contributed by atoms with Gasteiger partial charge in [-0.2, -0.15) is 0 Å². The molecule has 0 atom stereocenters. The van der Waals surface area contributed by atoms with E-state index in [4.69, 9.17) is 9.97 Å². The van der Waals surface area contributed by atoms with E-state index in [2.05, 4.69) is 191 Å². The van der Waals surface area contributed by atoms with Crippen LogP contribution in [-0.4, -0.2) is 19.1 Å². The second-order valence-electron chi connectivity index (χ2n) is 15.7. The first-order chi connectivity index (χ1) is 29.3. The molecular weight excluding hydrogens is 737 g/mol. The van der Waals surface area contributed by atoms with Crippen molar-refractivity contribution in [3.63, 3.8) is 0 Å². The standard InChI is InChI=1S/C54H30N4S/c1-2-14-32-31(13-1)27-28-43-51(32)56-54(52(55-43)40-22-12-26-49-50(40)39-19-7-10-25-48(39)59-49)58-45-24-9-6-18-36(45)41-29-46-42(30-47(41)58)38-21-11-20-37-34-16-4-3-15-33(34)35-17-5-8-23-44(35)57(46)53(37)38/h1-30H. The maximum absolute atomic E-state index is 5.75. The van der Waals surface area contributed by atoms with Crippen LogP contribution in [0.4, 0.5) is 0 Å². The summed E-state index contributed by atoms with van der Waals surface area (Å²) in [6.07, 6.45) is 0. The van der Waals surface area contributed by atoms with Crippen LogP contribution in [0, 0.1) is 0 Å². The largest absolute Gasteiger partial charge is 0.308 e. The van der Waals surface area contributed by atoms with E-state index in [0.29, 0.717) is 0 Å². The molecule has 1 aliphatic rings. The van der Waals surface area contributed by atoms with Gasteiger partial charge >= 0.3 is 0 Å². The van der Waals surface area contributed by atoms with Crippen molar-refractivity contribution in [1.29, 1.82) is 0 Å². The Hall–Kier alpha value is -7.60. The zero-order valence-corrected chi connectivity index (χ0v) is 32.3. The Balaban J connectivity index is 1.16. The fourth-order valence-corrected chi connectivity index (χ4v) is 11.3. The van der Waals surface area contributed by atoms with E-state index in [-0.39, 0.29) is 0 Å². The van der Waals surface area contributed by atoms with Crippen LogP contribution < -0.4 is 0 Å². The first kappa shape index (κ1) is 31.5. The predicted molar refractivity (Wildman–Crippen MR) is 248 cm³/mol. The van der Waals surface area contributed by atoms with Crippen LogP contribution in [0.3, 0.4) is 0 Å². The molecule has 0 unspecified atom stereocenters. The third-order valence-electron chi connectivity index (χ3n) is 12.6. The van der Waals surface area contributed by atoms with E-state index >= 15 is 0 Å². The summed E-state index contributed by atoms with van der Waals surface area (Å²) >= 11 is 1.83. The summed E-state index contributed by atoms with van der Waals surface area (Å²) in [5.41, 5.74) is 14.5. The molecule has 0 amide bonds. The van der Waals surface area contributed by atoms with E-state index in [1.165, 1.54) is 80.7 Å². The van der Waals surface area contributed by atoms with Gasteiger partial charge in [-0.1, -0.05) is 140 Å². The molecule has 0 saturated heterocycles. The number of nitrogens with zero attached hydrogens (tertiary/aromatic N) is 4. The van der Waals surface area contributed by atoms with Crippen molar-refractivity contribution in [2.75, 3.05) is 0 Å². The summed E-state index contributed by atoms with van der Waals surface area (Å²) in [6.45, 7) is 0. The van der Waals surface area contributed by atoms with Gasteiger partial charge in [0, 0.05) is 63.8 Å². The lowest BCUT2D eigenvalue weighted by Crippen LogP contribution is -2.04. The maximum atomic E-state index is 5.75. The van der Waals surface area contributed by atoms with Crippen molar-refractivity contribution in [3.05, 3.63) is 182 Å². The lowest BCUT2D eigenvalue weighted by atomic mass is 9.94. The van der Waals surface area contributed by atoms with Gasteiger partial charge in [0.1, 0.15) is 5.69 Å². The van der Waals surface area contributed by atoms with Gasteiger partial charge in [0.2, 0.25) is 0 Å². The highest BCUT2D eigenvalue weighted by Gasteiger charge is 2.27. The quantitative estimate of drug-likeness (QED) is 0.164. The van der Waals surface area contributed by atoms with E-state index in [9.17, 15) is 0 Å². The van der Waals surface area contributed by atoms with Crippen LogP contribution in [0.2, 0.25) is 0 Å². The van der Waals surface area contributed by atoms with Crippen molar-refractivity contribution in [3.8, 4) is 45.0 Å². The Morgan fingerprint density at radius 1 is 0.390 bits per heavy atom. The monoisotopic (exact) mass is 766 g/mol. The summed E-state index contributed by atoms with van der Waals surface area (Å²) in [7, 11) is 0. The smallest absolute Gasteiger partial charge is 0.165 e. The first-order valence-electron chi connectivity index (χ1n) is 20.1. The second-order valence-corrected chi connectivity index (χ2v) is 16.7. The zero-order valence-electron chi connectivity index (χ0n) is 31.5. The molecule has 5 heterocycles. The lowest BCUT2D eigenvalue weighted by molar-refractivity contribution is 1.08. The average molecular weight is 767 g/mol. The van der Waals surface area contributed by atoms with Gasteiger partial charge in [0.25, 0.3) is 0 Å². The molecule has 4 nitrogen and oxygen atoms in total. The summed E-state index contributed by atoms with van der Waals surface area (Å²) in [5, 5.41) is 9.50. The zero-order chi connectivity index (χ0) is 38.3. The molecule has 13 aromatic rings. The molecule has 272 valence electrons. The second kappa shape index (κ2) is 11.5. The molecule has 0 saturated carbocycles. The highest BCUT2D eigenvalue weighted by molar-refractivity contribution is 7.25. The number of fused-ring (bicyclic) bond motifs is 17. The molecule has 14 rings (SSSR count). The molecule has 5 heteroatoms. The molecule has 0 spiro atoms. The normalized spacial score (nSPS) is 12.4. The lowest BCUT2D eigenvalue weighted by Gasteiger charge is -2.16. The molecule has 0 fully saturated rings. The molecule has 59 heavy (non-hydrogen) atoms. The van der Waals surface area contributed by atoms with Crippen LogP contribution in [0.5, 0.6) is 0 Å². The SMILES string of the molecule is c1ccc2c(c1)-c1ccccc1-n1c3cc4c5ccccc5n(-c5nc6c(ccc7ccccc76)nc5-c5cccc6sc7ccccc7c56)c4cc3c3cccc-2c31. The Morgan fingerprint density at radius 2 is 1.02 bits per heavy atom. The Kier molecular flexibility index (Phi) is 6.14. The van der Waals surface area contributed by atoms with Crippen LogP contribution in [0.25, 0.3) is 131 Å². The number of hydrogen-bond acceptors (Lipinski definition) is 3. The van der Waals surface area contributed by atoms with E-state index in [1.807, 2.05) is 11.3 Å². The Labute approximate surface area is 341 Å². The fourth-order valence-electron chi connectivity index (χ4n) is 10.2. The molecule has 0 N–H and O–H groups in total. The van der Waals surface area contributed by atoms with E-state index in [0.717, 1.165) is 49.9 Å². The topological polar surface area (TPSA) is 35.6 Å². The van der Waals surface area contributed by atoms with Gasteiger partial charge in [-0.15, -0.1) is 11.3 Å². The molecule has 0 radical (unpaired) electrons. The van der Waals surface area contributed by atoms with E-state index < -0.39 is 0 Å². The third kappa shape index (κ3) is 4.16. The van der Waals surface area contributed by atoms with Gasteiger partial charge in [-0.3, -0.25) is 4.57 Å². The van der Waals surface area contributed by atoms with Gasteiger partial charge in [0.15, 0.2) is 5.82 Å². The highest BCUT2D eigenvalue weighted by Crippen LogP contribution is 2.49. The van der Waals surface area contributed by atoms with Crippen LogP contribution >= 0.6 is 11.3 Å². The number of thiophene rings is 1. The summed E-state index contributed by atoms with van der Waals surface area (Å²) in [5.74, 6) is 0.826. The molecule has 1 aliphatic heterocycles.